The van der Waals surface area contributed by atoms with E-state index in [0.29, 0.717) is 36.1 Å². The van der Waals surface area contributed by atoms with Crippen LogP contribution in [0.3, 0.4) is 0 Å². The standard InChI is InChI=1S/C18H26N2O3/c1-6-9-23-18(4,5)17(21)20-15-7-8-16(14(10-15)11-19)22-12-13(2)3/h7-8,10,13H,6,9,12H2,1-5H3,(H,20,21). The molecular weight excluding hydrogens is 292 g/mol. The molecule has 0 aliphatic heterocycles. The molecule has 0 fully saturated rings. The van der Waals surface area contributed by atoms with Gasteiger partial charge < -0.3 is 14.8 Å². The molecule has 1 N–H and O–H groups in total. The average Bonchev–Trinajstić information content (AvgIpc) is 2.51. The minimum Gasteiger partial charge on any atom is -0.492 e. The van der Waals surface area contributed by atoms with Crippen LogP contribution in [0.15, 0.2) is 18.2 Å². The summed E-state index contributed by atoms with van der Waals surface area (Å²) in [5, 5.41) is 12.0. The number of nitrogens with one attached hydrogen (secondary N) is 1. The SMILES string of the molecule is CCCOC(C)(C)C(=O)Nc1ccc(OCC(C)C)c(C#N)c1. The van der Waals surface area contributed by atoms with Crippen molar-refractivity contribution < 1.29 is 14.3 Å². The van der Waals surface area contributed by atoms with Gasteiger partial charge >= 0.3 is 0 Å². The van der Waals surface area contributed by atoms with E-state index in [9.17, 15) is 10.1 Å². The molecule has 0 aliphatic rings. The third-order valence-electron chi connectivity index (χ3n) is 3.14. The van der Waals surface area contributed by atoms with Gasteiger partial charge in [-0.3, -0.25) is 4.79 Å². The molecule has 0 aliphatic carbocycles. The molecular formula is C18H26N2O3. The van der Waals surface area contributed by atoms with E-state index in [1.807, 2.05) is 20.8 Å². The molecule has 126 valence electrons. The number of amides is 1. The zero-order valence-corrected chi connectivity index (χ0v) is 14.6. The molecule has 1 aromatic carbocycles. The molecule has 0 aromatic heterocycles. The van der Waals surface area contributed by atoms with Crippen LogP contribution in [0.1, 0.15) is 46.6 Å². The van der Waals surface area contributed by atoms with Crippen LogP contribution in [-0.4, -0.2) is 24.7 Å². The van der Waals surface area contributed by atoms with Crippen LogP contribution in [0.4, 0.5) is 5.69 Å². The van der Waals surface area contributed by atoms with Gasteiger partial charge in [-0.1, -0.05) is 20.8 Å². The summed E-state index contributed by atoms with van der Waals surface area (Å²) in [6.45, 7) is 10.6. The molecule has 0 radical (unpaired) electrons. The third kappa shape index (κ3) is 5.91. The first kappa shape index (κ1) is 19.0. The maximum Gasteiger partial charge on any atom is 0.256 e. The predicted octanol–water partition coefficient (Wildman–Crippen LogP) is 3.74. The highest BCUT2D eigenvalue weighted by Crippen LogP contribution is 2.24. The topological polar surface area (TPSA) is 71.3 Å². The second-order valence-electron chi connectivity index (χ2n) is 6.34. The van der Waals surface area contributed by atoms with E-state index in [2.05, 4.69) is 11.4 Å². The van der Waals surface area contributed by atoms with Crippen molar-refractivity contribution in [3.8, 4) is 11.8 Å². The van der Waals surface area contributed by atoms with Gasteiger partial charge in [0.2, 0.25) is 0 Å². The van der Waals surface area contributed by atoms with E-state index < -0.39 is 5.60 Å². The summed E-state index contributed by atoms with van der Waals surface area (Å²) in [4.78, 5) is 12.3. The minimum atomic E-state index is -0.921. The number of carbonyl (C=O) groups excluding carboxylic acids is 1. The van der Waals surface area contributed by atoms with Gasteiger partial charge in [-0.05, 0) is 44.4 Å². The van der Waals surface area contributed by atoms with E-state index in [1.165, 1.54) is 0 Å². The van der Waals surface area contributed by atoms with Gasteiger partial charge in [0, 0.05) is 12.3 Å². The molecule has 0 saturated carbocycles. The van der Waals surface area contributed by atoms with Crippen molar-refractivity contribution in [3.05, 3.63) is 23.8 Å². The first-order chi connectivity index (χ1) is 10.8. The normalized spacial score (nSPS) is 11.2. The number of carbonyl (C=O) groups is 1. The Bertz CT molecular complexity index is 574. The summed E-state index contributed by atoms with van der Waals surface area (Å²) >= 11 is 0. The summed E-state index contributed by atoms with van der Waals surface area (Å²) in [5.74, 6) is 0.656. The molecule has 23 heavy (non-hydrogen) atoms. The van der Waals surface area contributed by atoms with Crippen molar-refractivity contribution in [2.45, 2.75) is 46.6 Å². The fraction of sp³-hybridized carbons (Fsp3) is 0.556. The van der Waals surface area contributed by atoms with Crippen LogP contribution in [-0.2, 0) is 9.53 Å². The van der Waals surface area contributed by atoms with Gasteiger partial charge in [-0.2, -0.15) is 5.26 Å². The first-order valence-electron chi connectivity index (χ1n) is 7.92. The summed E-state index contributed by atoms with van der Waals surface area (Å²) in [5.41, 5.74) is 0.0303. The van der Waals surface area contributed by atoms with Crippen molar-refractivity contribution in [2.24, 2.45) is 5.92 Å². The Morgan fingerprint density at radius 2 is 2.09 bits per heavy atom. The molecule has 0 atom stereocenters. The van der Waals surface area contributed by atoms with Gasteiger partial charge in [0.15, 0.2) is 0 Å². The molecule has 1 rings (SSSR count). The van der Waals surface area contributed by atoms with Crippen LogP contribution in [0.25, 0.3) is 0 Å². The number of hydrogen-bond acceptors (Lipinski definition) is 4. The second kappa shape index (κ2) is 8.54. The quantitative estimate of drug-likeness (QED) is 0.792. The summed E-state index contributed by atoms with van der Waals surface area (Å²) < 4.78 is 11.2. The molecule has 0 saturated heterocycles. The number of nitriles is 1. The lowest BCUT2D eigenvalue weighted by Gasteiger charge is -2.24. The van der Waals surface area contributed by atoms with E-state index in [4.69, 9.17) is 9.47 Å². The van der Waals surface area contributed by atoms with Gasteiger partial charge in [0.1, 0.15) is 17.4 Å². The van der Waals surface area contributed by atoms with E-state index >= 15 is 0 Å². The fourth-order valence-electron chi connectivity index (χ4n) is 1.78. The number of ether oxygens (including phenoxy) is 2. The minimum absolute atomic E-state index is 0.245. The maximum absolute atomic E-state index is 12.3. The van der Waals surface area contributed by atoms with Gasteiger partial charge in [-0.15, -0.1) is 0 Å². The molecule has 0 bridgehead atoms. The van der Waals surface area contributed by atoms with Crippen molar-refractivity contribution >= 4 is 11.6 Å². The predicted molar refractivity (Wildman–Crippen MR) is 90.4 cm³/mol. The monoisotopic (exact) mass is 318 g/mol. The van der Waals surface area contributed by atoms with Crippen LogP contribution < -0.4 is 10.1 Å². The van der Waals surface area contributed by atoms with Crippen molar-refractivity contribution in [2.75, 3.05) is 18.5 Å². The lowest BCUT2D eigenvalue weighted by molar-refractivity contribution is -0.137. The number of benzene rings is 1. The Kier molecular flexibility index (Phi) is 7.05. The highest BCUT2D eigenvalue weighted by Gasteiger charge is 2.28. The van der Waals surface area contributed by atoms with E-state index in [0.717, 1.165) is 6.42 Å². The largest absolute Gasteiger partial charge is 0.492 e. The highest BCUT2D eigenvalue weighted by molar-refractivity contribution is 5.96. The average molecular weight is 318 g/mol. The molecule has 1 amide bonds. The second-order valence-corrected chi connectivity index (χ2v) is 6.34. The Morgan fingerprint density at radius 1 is 1.39 bits per heavy atom. The van der Waals surface area contributed by atoms with Crippen molar-refractivity contribution in [1.29, 1.82) is 5.26 Å². The Labute approximate surface area is 138 Å². The van der Waals surface area contributed by atoms with Crippen LogP contribution >= 0.6 is 0 Å². The zero-order valence-electron chi connectivity index (χ0n) is 14.6. The number of hydrogen-bond donors (Lipinski definition) is 1. The first-order valence-corrected chi connectivity index (χ1v) is 7.92. The van der Waals surface area contributed by atoms with Gasteiger partial charge in [-0.25, -0.2) is 0 Å². The Hall–Kier alpha value is -2.06. The summed E-state index contributed by atoms with van der Waals surface area (Å²) in [6, 6.07) is 7.14. The van der Waals surface area contributed by atoms with Crippen molar-refractivity contribution in [3.63, 3.8) is 0 Å². The zero-order chi connectivity index (χ0) is 17.5. The molecule has 5 nitrogen and oxygen atoms in total. The highest BCUT2D eigenvalue weighted by atomic mass is 16.5. The molecule has 5 heteroatoms. The van der Waals surface area contributed by atoms with Crippen molar-refractivity contribution in [1.82, 2.24) is 0 Å². The van der Waals surface area contributed by atoms with Crippen LogP contribution in [0.2, 0.25) is 0 Å². The fourth-order valence-corrected chi connectivity index (χ4v) is 1.78. The lowest BCUT2D eigenvalue weighted by atomic mass is 10.1. The van der Waals surface area contributed by atoms with Gasteiger partial charge in [0.25, 0.3) is 5.91 Å². The molecule has 0 heterocycles. The van der Waals surface area contributed by atoms with E-state index in [1.54, 1.807) is 32.0 Å². The van der Waals surface area contributed by atoms with Crippen LogP contribution in [0, 0.1) is 17.2 Å². The van der Waals surface area contributed by atoms with Crippen LogP contribution in [0.5, 0.6) is 5.75 Å². The van der Waals surface area contributed by atoms with E-state index in [-0.39, 0.29) is 5.91 Å². The maximum atomic E-state index is 12.3. The lowest BCUT2D eigenvalue weighted by Crippen LogP contribution is -2.40. The number of anilines is 1. The number of nitrogens with zero attached hydrogens (tertiary/aromatic N) is 1. The number of rotatable bonds is 8. The molecule has 0 spiro atoms. The smallest absolute Gasteiger partial charge is 0.256 e. The third-order valence-corrected chi connectivity index (χ3v) is 3.14. The summed E-state index contributed by atoms with van der Waals surface area (Å²) in [6.07, 6.45) is 0.844. The Morgan fingerprint density at radius 3 is 2.65 bits per heavy atom. The summed E-state index contributed by atoms with van der Waals surface area (Å²) in [7, 11) is 0. The Balaban J connectivity index is 2.82. The van der Waals surface area contributed by atoms with Gasteiger partial charge in [0.05, 0.1) is 12.2 Å². The molecule has 0 unspecified atom stereocenters. The molecule has 1 aromatic rings.